The first-order chi connectivity index (χ1) is 6.56. The lowest BCUT2D eigenvalue weighted by atomic mass is 10.0. The highest BCUT2D eigenvalue weighted by atomic mass is 16.6. The molecule has 0 unspecified atom stereocenters. The van der Waals surface area contributed by atoms with Crippen LogP contribution in [0.2, 0.25) is 0 Å². The van der Waals surface area contributed by atoms with Gasteiger partial charge in [-0.15, -0.1) is 0 Å². The second kappa shape index (κ2) is 4.19. The molecular weight excluding hydrogens is 180 g/mol. The second-order valence-corrected chi connectivity index (χ2v) is 3.37. The summed E-state index contributed by atoms with van der Waals surface area (Å²) < 4.78 is 0. The monoisotopic (exact) mass is 194 g/mol. The highest BCUT2D eigenvalue weighted by Crippen LogP contribution is 2.24. The second-order valence-electron chi connectivity index (χ2n) is 3.37. The molecule has 0 spiro atoms. The average molecular weight is 194 g/mol. The molecule has 0 saturated heterocycles. The van der Waals surface area contributed by atoms with E-state index < -0.39 is 0 Å². The van der Waals surface area contributed by atoms with E-state index >= 15 is 0 Å². The van der Waals surface area contributed by atoms with Crippen molar-refractivity contribution in [1.29, 1.82) is 0 Å². The Morgan fingerprint density at radius 3 is 2.21 bits per heavy atom. The predicted octanol–water partition coefficient (Wildman–Crippen LogP) is 1.71. The van der Waals surface area contributed by atoms with Crippen molar-refractivity contribution in [2.75, 3.05) is 6.54 Å². The standard InChI is InChI=1S/C10H14N2O2/c1-7-5-9(3-4-11)6-8(2)10(7)12(13)14/h5-6H,3-4,11H2,1-2H3. The van der Waals surface area contributed by atoms with Gasteiger partial charge in [-0.2, -0.15) is 0 Å². The highest BCUT2D eigenvalue weighted by Gasteiger charge is 2.14. The molecule has 0 atom stereocenters. The summed E-state index contributed by atoms with van der Waals surface area (Å²) in [6.07, 6.45) is 0.764. The molecule has 2 N–H and O–H groups in total. The molecule has 0 saturated carbocycles. The SMILES string of the molecule is Cc1cc(CCN)cc(C)c1[N+](=O)[O-]. The summed E-state index contributed by atoms with van der Waals surface area (Å²) in [4.78, 5) is 10.4. The van der Waals surface area contributed by atoms with Crippen LogP contribution >= 0.6 is 0 Å². The number of rotatable bonds is 3. The maximum Gasteiger partial charge on any atom is 0.275 e. The van der Waals surface area contributed by atoms with Gasteiger partial charge in [0.1, 0.15) is 0 Å². The Bertz CT molecular complexity index is 338. The maximum atomic E-state index is 10.7. The molecule has 0 aliphatic heterocycles. The van der Waals surface area contributed by atoms with Gasteiger partial charge in [-0.05, 0) is 44.5 Å². The third-order valence-electron chi connectivity index (χ3n) is 2.17. The Morgan fingerprint density at radius 1 is 1.36 bits per heavy atom. The number of nitrogens with two attached hydrogens (primary N) is 1. The number of benzene rings is 1. The van der Waals surface area contributed by atoms with E-state index in [2.05, 4.69) is 0 Å². The molecule has 0 radical (unpaired) electrons. The topological polar surface area (TPSA) is 69.2 Å². The van der Waals surface area contributed by atoms with Gasteiger partial charge in [-0.3, -0.25) is 10.1 Å². The first-order valence-electron chi connectivity index (χ1n) is 4.51. The summed E-state index contributed by atoms with van der Waals surface area (Å²) in [5, 5.41) is 10.7. The van der Waals surface area contributed by atoms with E-state index in [0.717, 1.165) is 12.0 Å². The number of nitro groups is 1. The van der Waals surface area contributed by atoms with Gasteiger partial charge >= 0.3 is 0 Å². The Labute approximate surface area is 82.9 Å². The van der Waals surface area contributed by atoms with Crippen LogP contribution in [0.1, 0.15) is 16.7 Å². The van der Waals surface area contributed by atoms with E-state index in [9.17, 15) is 10.1 Å². The van der Waals surface area contributed by atoms with Crippen LogP contribution in [0.3, 0.4) is 0 Å². The predicted molar refractivity (Wildman–Crippen MR) is 55.3 cm³/mol. The Morgan fingerprint density at radius 2 is 1.86 bits per heavy atom. The van der Waals surface area contributed by atoms with E-state index in [0.29, 0.717) is 17.7 Å². The molecule has 0 amide bonds. The molecular formula is C10H14N2O2. The summed E-state index contributed by atoms with van der Waals surface area (Å²) in [6, 6.07) is 3.66. The summed E-state index contributed by atoms with van der Waals surface area (Å²) in [5.41, 5.74) is 8.12. The normalized spacial score (nSPS) is 10.2. The van der Waals surface area contributed by atoms with Gasteiger partial charge < -0.3 is 5.73 Å². The Balaban J connectivity index is 3.18. The van der Waals surface area contributed by atoms with Crippen molar-refractivity contribution in [2.24, 2.45) is 5.73 Å². The summed E-state index contributed by atoms with van der Waals surface area (Å²) in [6.45, 7) is 4.08. The Hall–Kier alpha value is -1.42. The molecule has 1 aromatic rings. The summed E-state index contributed by atoms with van der Waals surface area (Å²) >= 11 is 0. The molecule has 76 valence electrons. The van der Waals surface area contributed by atoms with Gasteiger partial charge in [0.15, 0.2) is 0 Å². The van der Waals surface area contributed by atoms with Gasteiger partial charge in [0.05, 0.1) is 4.92 Å². The largest absolute Gasteiger partial charge is 0.330 e. The highest BCUT2D eigenvalue weighted by molar-refractivity contribution is 5.48. The van der Waals surface area contributed by atoms with Crippen LogP contribution in [0.25, 0.3) is 0 Å². The number of hydrogen-bond donors (Lipinski definition) is 1. The van der Waals surface area contributed by atoms with Gasteiger partial charge in [-0.1, -0.05) is 0 Å². The van der Waals surface area contributed by atoms with Crippen molar-refractivity contribution in [2.45, 2.75) is 20.3 Å². The molecule has 0 aliphatic rings. The van der Waals surface area contributed by atoms with Crippen LogP contribution < -0.4 is 5.73 Å². The van der Waals surface area contributed by atoms with Gasteiger partial charge in [0.25, 0.3) is 5.69 Å². The molecule has 1 rings (SSSR count). The summed E-state index contributed by atoms with van der Waals surface area (Å²) in [5.74, 6) is 0. The lowest BCUT2D eigenvalue weighted by Gasteiger charge is -2.05. The number of nitro benzene ring substituents is 1. The third-order valence-corrected chi connectivity index (χ3v) is 2.17. The minimum Gasteiger partial charge on any atom is -0.330 e. The maximum absolute atomic E-state index is 10.7. The van der Waals surface area contributed by atoms with Crippen LogP contribution in [0.15, 0.2) is 12.1 Å². The van der Waals surface area contributed by atoms with Gasteiger partial charge in [0, 0.05) is 11.1 Å². The van der Waals surface area contributed by atoms with E-state index in [1.165, 1.54) is 0 Å². The molecule has 0 heterocycles. The van der Waals surface area contributed by atoms with E-state index in [4.69, 9.17) is 5.73 Å². The summed E-state index contributed by atoms with van der Waals surface area (Å²) in [7, 11) is 0. The third kappa shape index (κ3) is 2.09. The molecule has 4 nitrogen and oxygen atoms in total. The van der Waals surface area contributed by atoms with Crippen LogP contribution in [0.4, 0.5) is 5.69 Å². The average Bonchev–Trinajstić information content (AvgIpc) is 2.01. The van der Waals surface area contributed by atoms with Gasteiger partial charge in [-0.25, -0.2) is 0 Å². The lowest BCUT2D eigenvalue weighted by Crippen LogP contribution is -2.04. The van der Waals surface area contributed by atoms with Crippen molar-refractivity contribution in [3.8, 4) is 0 Å². The zero-order valence-electron chi connectivity index (χ0n) is 8.41. The van der Waals surface area contributed by atoms with Crippen LogP contribution in [-0.2, 0) is 6.42 Å². The van der Waals surface area contributed by atoms with Crippen LogP contribution in [0.5, 0.6) is 0 Å². The molecule has 4 heteroatoms. The fraction of sp³-hybridized carbons (Fsp3) is 0.400. The smallest absolute Gasteiger partial charge is 0.275 e. The van der Waals surface area contributed by atoms with E-state index in [-0.39, 0.29) is 10.6 Å². The molecule has 0 aromatic heterocycles. The molecule has 14 heavy (non-hydrogen) atoms. The minimum atomic E-state index is -0.336. The van der Waals surface area contributed by atoms with Crippen LogP contribution in [0, 0.1) is 24.0 Å². The minimum absolute atomic E-state index is 0.214. The number of hydrogen-bond acceptors (Lipinski definition) is 3. The first kappa shape index (κ1) is 10.7. The van der Waals surface area contributed by atoms with Crippen molar-refractivity contribution in [3.63, 3.8) is 0 Å². The zero-order valence-corrected chi connectivity index (χ0v) is 8.41. The van der Waals surface area contributed by atoms with E-state index in [1.807, 2.05) is 12.1 Å². The van der Waals surface area contributed by atoms with Crippen molar-refractivity contribution in [1.82, 2.24) is 0 Å². The fourth-order valence-electron chi connectivity index (χ4n) is 1.64. The first-order valence-corrected chi connectivity index (χ1v) is 4.51. The quantitative estimate of drug-likeness (QED) is 0.588. The van der Waals surface area contributed by atoms with Crippen molar-refractivity contribution >= 4 is 5.69 Å². The molecule has 1 aromatic carbocycles. The zero-order chi connectivity index (χ0) is 10.7. The van der Waals surface area contributed by atoms with Gasteiger partial charge in [0.2, 0.25) is 0 Å². The molecule has 0 bridgehead atoms. The lowest BCUT2D eigenvalue weighted by molar-refractivity contribution is -0.386. The number of aryl methyl sites for hydroxylation is 2. The van der Waals surface area contributed by atoms with Crippen molar-refractivity contribution in [3.05, 3.63) is 38.9 Å². The fourth-order valence-corrected chi connectivity index (χ4v) is 1.64. The molecule has 0 aliphatic carbocycles. The van der Waals surface area contributed by atoms with Crippen molar-refractivity contribution < 1.29 is 4.92 Å². The van der Waals surface area contributed by atoms with Crippen LogP contribution in [-0.4, -0.2) is 11.5 Å². The Kier molecular flexibility index (Phi) is 3.19. The van der Waals surface area contributed by atoms with E-state index in [1.54, 1.807) is 13.8 Å². The number of nitrogens with zero attached hydrogens (tertiary/aromatic N) is 1. The molecule has 0 fully saturated rings.